The molecular formula is C19H22ClN3O. The van der Waals surface area contributed by atoms with Crippen LogP contribution in [-0.2, 0) is 6.54 Å². The SMILES string of the molecule is CN1CCC(N(Cc2ccccc2)C(=O)c2ccc(Cl)cn2)CC1. The minimum absolute atomic E-state index is 0.0231. The molecule has 24 heavy (non-hydrogen) atoms. The molecule has 2 aromatic rings. The molecule has 1 fully saturated rings. The Morgan fingerprint density at radius 2 is 1.92 bits per heavy atom. The van der Waals surface area contributed by atoms with Gasteiger partial charge in [0, 0.05) is 18.8 Å². The Bertz CT molecular complexity index is 667. The van der Waals surface area contributed by atoms with E-state index in [0.717, 1.165) is 31.5 Å². The van der Waals surface area contributed by atoms with E-state index in [1.165, 1.54) is 6.20 Å². The molecule has 0 unspecified atom stereocenters. The van der Waals surface area contributed by atoms with Crippen molar-refractivity contribution in [1.82, 2.24) is 14.8 Å². The predicted molar refractivity (Wildman–Crippen MR) is 96.1 cm³/mol. The Morgan fingerprint density at radius 1 is 1.21 bits per heavy atom. The summed E-state index contributed by atoms with van der Waals surface area (Å²) in [6.45, 7) is 2.63. The molecule has 5 heteroatoms. The number of nitrogens with zero attached hydrogens (tertiary/aromatic N) is 3. The molecule has 0 aliphatic carbocycles. The molecule has 0 atom stereocenters. The van der Waals surface area contributed by atoms with E-state index in [1.54, 1.807) is 12.1 Å². The third-order valence-corrected chi connectivity index (χ3v) is 4.76. The van der Waals surface area contributed by atoms with Gasteiger partial charge in [-0.2, -0.15) is 0 Å². The molecule has 1 aliphatic heterocycles. The summed E-state index contributed by atoms with van der Waals surface area (Å²) in [7, 11) is 2.13. The highest BCUT2D eigenvalue weighted by atomic mass is 35.5. The normalized spacial score (nSPS) is 16.1. The van der Waals surface area contributed by atoms with Gasteiger partial charge < -0.3 is 9.80 Å². The topological polar surface area (TPSA) is 36.4 Å². The third kappa shape index (κ3) is 4.13. The lowest BCUT2D eigenvalue weighted by atomic mass is 10.0. The number of aromatic nitrogens is 1. The molecule has 1 aromatic carbocycles. The summed E-state index contributed by atoms with van der Waals surface area (Å²) in [5.74, 6) is -0.0231. The molecular weight excluding hydrogens is 322 g/mol. The van der Waals surface area contributed by atoms with Crippen molar-refractivity contribution >= 4 is 17.5 Å². The fourth-order valence-corrected chi connectivity index (χ4v) is 3.21. The number of pyridine rings is 1. The molecule has 2 heterocycles. The van der Waals surface area contributed by atoms with Gasteiger partial charge in [0.25, 0.3) is 5.91 Å². The fraction of sp³-hybridized carbons (Fsp3) is 0.368. The third-order valence-electron chi connectivity index (χ3n) is 4.53. The van der Waals surface area contributed by atoms with Crippen LogP contribution in [0.4, 0.5) is 0 Å². The summed E-state index contributed by atoms with van der Waals surface area (Å²) < 4.78 is 0. The highest BCUT2D eigenvalue weighted by molar-refractivity contribution is 6.30. The molecule has 1 aliphatic rings. The quantitative estimate of drug-likeness (QED) is 0.852. The highest BCUT2D eigenvalue weighted by Gasteiger charge is 2.28. The maximum absolute atomic E-state index is 13.0. The standard InChI is InChI=1S/C19H22ClN3O/c1-22-11-9-17(10-12-22)23(14-15-5-3-2-4-6-15)19(24)18-8-7-16(20)13-21-18/h2-8,13,17H,9-12,14H2,1H3. The number of hydrogen-bond acceptors (Lipinski definition) is 3. The van der Waals surface area contributed by atoms with Crippen LogP contribution < -0.4 is 0 Å². The van der Waals surface area contributed by atoms with Gasteiger partial charge in [-0.05, 0) is 50.7 Å². The molecule has 1 amide bonds. The zero-order valence-corrected chi connectivity index (χ0v) is 14.6. The van der Waals surface area contributed by atoms with Crippen molar-refractivity contribution in [1.29, 1.82) is 0 Å². The average molecular weight is 344 g/mol. The number of halogens is 1. The molecule has 1 aromatic heterocycles. The monoisotopic (exact) mass is 343 g/mol. The maximum Gasteiger partial charge on any atom is 0.272 e. The van der Waals surface area contributed by atoms with E-state index in [9.17, 15) is 4.79 Å². The van der Waals surface area contributed by atoms with Gasteiger partial charge in [0.05, 0.1) is 5.02 Å². The summed E-state index contributed by atoms with van der Waals surface area (Å²) in [5, 5.41) is 0.542. The smallest absolute Gasteiger partial charge is 0.272 e. The van der Waals surface area contributed by atoms with E-state index >= 15 is 0 Å². The summed E-state index contributed by atoms with van der Waals surface area (Å²) in [6, 6.07) is 13.8. The number of amides is 1. The van der Waals surface area contributed by atoms with E-state index < -0.39 is 0 Å². The summed E-state index contributed by atoms with van der Waals surface area (Å²) >= 11 is 5.90. The van der Waals surface area contributed by atoms with Gasteiger partial charge in [0.2, 0.25) is 0 Å². The first-order valence-corrected chi connectivity index (χ1v) is 8.66. The van der Waals surface area contributed by atoms with Gasteiger partial charge in [-0.15, -0.1) is 0 Å². The number of carbonyl (C=O) groups is 1. The lowest BCUT2D eigenvalue weighted by Crippen LogP contribution is -2.46. The van der Waals surface area contributed by atoms with Crippen molar-refractivity contribution in [2.75, 3.05) is 20.1 Å². The lowest BCUT2D eigenvalue weighted by Gasteiger charge is -2.37. The van der Waals surface area contributed by atoms with E-state index in [0.29, 0.717) is 17.3 Å². The zero-order chi connectivity index (χ0) is 16.9. The van der Waals surface area contributed by atoms with Crippen molar-refractivity contribution in [3.63, 3.8) is 0 Å². The van der Waals surface area contributed by atoms with Gasteiger partial charge in [-0.1, -0.05) is 41.9 Å². The van der Waals surface area contributed by atoms with Gasteiger partial charge >= 0.3 is 0 Å². The minimum atomic E-state index is -0.0231. The number of benzene rings is 1. The van der Waals surface area contributed by atoms with E-state index in [1.807, 2.05) is 23.1 Å². The van der Waals surface area contributed by atoms with E-state index in [-0.39, 0.29) is 11.9 Å². The second-order valence-electron chi connectivity index (χ2n) is 6.31. The second kappa shape index (κ2) is 7.77. The van der Waals surface area contributed by atoms with Crippen molar-refractivity contribution in [3.8, 4) is 0 Å². The van der Waals surface area contributed by atoms with Crippen LogP contribution in [0.3, 0.4) is 0 Å². The maximum atomic E-state index is 13.0. The Morgan fingerprint density at radius 3 is 2.54 bits per heavy atom. The van der Waals surface area contributed by atoms with Crippen LogP contribution in [0.15, 0.2) is 48.7 Å². The molecule has 0 N–H and O–H groups in total. The Kier molecular flexibility index (Phi) is 5.48. The van der Waals surface area contributed by atoms with Crippen molar-refractivity contribution in [3.05, 3.63) is 64.9 Å². The van der Waals surface area contributed by atoms with Crippen LogP contribution in [0.5, 0.6) is 0 Å². The van der Waals surface area contributed by atoms with Crippen LogP contribution in [0, 0.1) is 0 Å². The van der Waals surface area contributed by atoms with E-state index in [4.69, 9.17) is 11.6 Å². The van der Waals surface area contributed by atoms with Crippen LogP contribution in [0.2, 0.25) is 5.02 Å². The average Bonchev–Trinajstić information content (AvgIpc) is 2.62. The van der Waals surface area contributed by atoms with Crippen molar-refractivity contribution in [2.45, 2.75) is 25.4 Å². The fourth-order valence-electron chi connectivity index (χ4n) is 3.10. The highest BCUT2D eigenvalue weighted by Crippen LogP contribution is 2.21. The lowest BCUT2D eigenvalue weighted by molar-refractivity contribution is 0.0563. The second-order valence-corrected chi connectivity index (χ2v) is 6.75. The van der Waals surface area contributed by atoms with Gasteiger partial charge in [-0.25, -0.2) is 4.98 Å². The number of hydrogen-bond donors (Lipinski definition) is 0. The largest absolute Gasteiger partial charge is 0.330 e. The molecule has 0 spiro atoms. The van der Waals surface area contributed by atoms with Crippen LogP contribution in [-0.4, -0.2) is 46.9 Å². The van der Waals surface area contributed by atoms with Crippen LogP contribution in [0.1, 0.15) is 28.9 Å². The van der Waals surface area contributed by atoms with E-state index in [2.05, 4.69) is 29.1 Å². The Labute approximate surface area is 148 Å². The predicted octanol–water partition coefficient (Wildman–Crippen LogP) is 3.47. The van der Waals surface area contributed by atoms with Crippen LogP contribution >= 0.6 is 11.6 Å². The Balaban J connectivity index is 1.83. The first-order valence-electron chi connectivity index (χ1n) is 8.28. The molecule has 3 rings (SSSR count). The zero-order valence-electron chi connectivity index (χ0n) is 13.9. The van der Waals surface area contributed by atoms with Gasteiger partial charge in [0.1, 0.15) is 5.69 Å². The number of carbonyl (C=O) groups excluding carboxylic acids is 1. The first kappa shape index (κ1) is 16.9. The molecule has 0 radical (unpaired) electrons. The summed E-state index contributed by atoms with van der Waals surface area (Å²) in [4.78, 5) is 21.5. The molecule has 0 bridgehead atoms. The summed E-state index contributed by atoms with van der Waals surface area (Å²) in [5.41, 5.74) is 1.59. The van der Waals surface area contributed by atoms with Crippen molar-refractivity contribution in [2.24, 2.45) is 0 Å². The first-order chi connectivity index (χ1) is 11.6. The molecule has 0 saturated carbocycles. The van der Waals surface area contributed by atoms with Crippen molar-refractivity contribution < 1.29 is 4.79 Å². The minimum Gasteiger partial charge on any atom is -0.330 e. The number of piperidine rings is 1. The van der Waals surface area contributed by atoms with Gasteiger partial charge in [0.15, 0.2) is 0 Å². The number of rotatable bonds is 4. The van der Waals surface area contributed by atoms with Gasteiger partial charge in [-0.3, -0.25) is 4.79 Å². The number of likely N-dealkylation sites (tertiary alicyclic amines) is 1. The molecule has 4 nitrogen and oxygen atoms in total. The molecule has 126 valence electrons. The molecule has 1 saturated heterocycles. The Hall–Kier alpha value is -1.91. The van der Waals surface area contributed by atoms with Crippen LogP contribution in [0.25, 0.3) is 0 Å². The summed E-state index contributed by atoms with van der Waals surface area (Å²) in [6.07, 6.45) is 3.51.